The van der Waals surface area contributed by atoms with E-state index in [1.807, 2.05) is 32.0 Å². The summed E-state index contributed by atoms with van der Waals surface area (Å²) in [7, 11) is 0. The monoisotopic (exact) mass is 356 g/mol. The van der Waals surface area contributed by atoms with Crippen molar-refractivity contribution in [1.82, 2.24) is 10.3 Å². The third-order valence-electron chi connectivity index (χ3n) is 3.06. The van der Waals surface area contributed by atoms with Crippen LogP contribution in [0.5, 0.6) is 0 Å². The van der Waals surface area contributed by atoms with E-state index >= 15 is 0 Å². The molecule has 0 bridgehead atoms. The molecule has 2 aromatic heterocycles. The van der Waals surface area contributed by atoms with Crippen molar-refractivity contribution in [2.45, 2.75) is 26.1 Å². The number of H-pyrrole nitrogens is 1. The number of thioether (sulfide) groups is 1. The van der Waals surface area contributed by atoms with Crippen LogP contribution in [0.15, 0.2) is 23.0 Å². The molecule has 2 rings (SSSR count). The molecular formula is C15H17ClN2O2S2. The number of aromatic amines is 1. The smallest absolute Gasteiger partial charge is 0.253 e. The molecule has 4 nitrogen and oxygen atoms in total. The molecule has 0 saturated carbocycles. The number of aryl methyl sites for hydroxylation is 2. The highest BCUT2D eigenvalue weighted by molar-refractivity contribution is 7.99. The van der Waals surface area contributed by atoms with E-state index in [0.717, 1.165) is 26.2 Å². The summed E-state index contributed by atoms with van der Waals surface area (Å²) in [6.45, 7) is 3.97. The zero-order valence-corrected chi connectivity index (χ0v) is 14.8. The van der Waals surface area contributed by atoms with Gasteiger partial charge in [0, 0.05) is 28.4 Å². The number of hydrogen-bond donors (Lipinski definition) is 2. The van der Waals surface area contributed by atoms with Crippen molar-refractivity contribution in [2.75, 3.05) is 5.75 Å². The van der Waals surface area contributed by atoms with Crippen LogP contribution in [0.25, 0.3) is 0 Å². The molecule has 0 aliphatic carbocycles. The third-order valence-corrected chi connectivity index (χ3v) is 5.46. The Balaban J connectivity index is 1.79. The summed E-state index contributed by atoms with van der Waals surface area (Å²) in [5.41, 5.74) is 2.18. The van der Waals surface area contributed by atoms with Crippen molar-refractivity contribution in [1.29, 1.82) is 0 Å². The van der Waals surface area contributed by atoms with Crippen LogP contribution < -0.4 is 10.9 Å². The number of hydrogen-bond acceptors (Lipinski definition) is 4. The lowest BCUT2D eigenvalue weighted by molar-refractivity contribution is -0.118. The predicted octanol–water partition coefficient (Wildman–Crippen LogP) is 3.26. The number of carbonyl (C=O) groups is 1. The zero-order chi connectivity index (χ0) is 16.1. The Hall–Kier alpha value is -1.24. The standard InChI is InChI=1S/C15H17ClN2O2S2/c1-9-5-10(2)18-15(20)12(9)6-17-14(19)8-21-7-11-3-4-13(16)22-11/h3-5H,6-8H2,1-2H3,(H,17,19)(H,18,20). The van der Waals surface area contributed by atoms with E-state index in [-0.39, 0.29) is 18.0 Å². The fraction of sp³-hybridized carbons (Fsp3) is 0.333. The number of carbonyl (C=O) groups excluding carboxylic acids is 1. The normalized spacial score (nSPS) is 10.7. The molecule has 2 aromatic rings. The number of nitrogens with one attached hydrogen (secondary N) is 2. The van der Waals surface area contributed by atoms with Gasteiger partial charge in [0.1, 0.15) is 0 Å². The molecule has 0 aliphatic rings. The summed E-state index contributed by atoms with van der Waals surface area (Å²) in [5, 5.41) is 2.79. The van der Waals surface area contributed by atoms with Crippen LogP contribution in [0.4, 0.5) is 0 Å². The van der Waals surface area contributed by atoms with E-state index in [0.29, 0.717) is 11.3 Å². The van der Waals surface area contributed by atoms with Gasteiger partial charge in [-0.3, -0.25) is 9.59 Å². The highest BCUT2D eigenvalue weighted by atomic mass is 35.5. The van der Waals surface area contributed by atoms with Crippen LogP contribution in [0.2, 0.25) is 4.34 Å². The number of thiophene rings is 1. The van der Waals surface area contributed by atoms with Crippen LogP contribution in [0, 0.1) is 13.8 Å². The summed E-state index contributed by atoms with van der Waals surface area (Å²) in [5.74, 6) is 1.04. The Morgan fingerprint density at radius 3 is 2.82 bits per heavy atom. The number of aromatic nitrogens is 1. The maximum Gasteiger partial charge on any atom is 0.253 e. The van der Waals surface area contributed by atoms with E-state index in [1.54, 1.807) is 0 Å². The van der Waals surface area contributed by atoms with Gasteiger partial charge in [-0.2, -0.15) is 0 Å². The summed E-state index contributed by atoms with van der Waals surface area (Å²) in [6.07, 6.45) is 0. The molecular weight excluding hydrogens is 340 g/mol. The lowest BCUT2D eigenvalue weighted by atomic mass is 10.1. The van der Waals surface area contributed by atoms with Crippen molar-refractivity contribution >= 4 is 40.6 Å². The highest BCUT2D eigenvalue weighted by Crippen LogP contribution is 2.24. The van der Waals surface area contributed by atoms with E-state index in [9.17, 15) is 9.59 Å². The topological polar surface area (TPSA) is 62.0 Å². The van der Waals surface area contributed by atoms with Gasteiger partial charge in [0.15, 0.2) is 0 Å². The second-order valence-corrected chi connectivity index (χ2v) is 7.70. The fourth-order valence-corrected chi connectivity index (χ4v) is 4.07. The Kier molecular flexibility index (Phi) is 6.11. The molecule has 2 heterocycles. The Morgan fingerprint density at radius 1 is 1.41 bits per heavy atom. The molecule has 0 aromatic carbocycles. The van der Waals surface area contributed by atoms with Gasteiger partial charge >= 0.3 is 0 Å². The molecule has 7 heteroatoms. The quantitative estimate of drug-likeness (QED) is 0.835. The van der Waals surface area contributed by atoms with Crippen LogP contribution >= 0.6 is 34.7 Å². The molecule has 2 N–H and O–H groups in total. The van der Waals surface area contributed by atoms with Crippen molar-refractivity contribution in [3.8, 4) is 0 Å². The molecule has 0 radical (unpaired) electrons. The molecule has 0 saturated heterocycles. The van der Waals surface area contributed by atoms with Crippen LogP contribution in [-0.2, 0) is 17.1 Å². The molecule has 22 heavy (non-hydrogen) atoms. The van der Waals surface area contributed by atoms with Gasteiger partial charge in [-0.1, -0.05) is 11.6 Å². The second-order valence-electron chi connectivity index (χ2n) is 4.92. The van der Waals surface area contributed by atoms with Crippen molar-refractivity contribution in [2.24, 2.45) is 0 Å². The first-order valence-corrected chi connectivity index (χ1v) is 9.08. The summed E-state index contributed by atoms with van der Waals surface area (Å²) < 4.78 is 0.758. The van der Waals surface area contributed by atoms with Gasteiger partial charge < -0.3 is 10.3 Å². The minimum Gasteiger partial charge on any atom is -0.351 e. The number of pyridine rings is 1. The Morgan fingerprint density at radius 2 is 2.18 bits per heavy atom. The van der Waals surface area contributed by atoms with Crippen molar-refractivity contribution in [3.63, 3.8) is 0 Å². The zero-order valence-electron chi connectivity index (χ0n) is 12.4. The van der Waals surface area contributed by atoms with Crippen molar-refractivity contribution < 1.29 is 4.79 Å². The van der Waals surface area contributed by atoms with Gasteiger partial charge in [-0.15, -0.1) is 23.1 Å². The first kappa shape index (κ1) is 17.1. The largest absolute Gasteiger partial charge is 0.351 e. The van der Waals surface area contributed by atoms with Crippen LogP contribution in [0.3, 0.4) is 0 Å². The first-order chi connectivity index (χ1) is 10.5. The maximum atomic E-state index is 11.9. The number of amides is 1. The molecule has 0 spiro atoms. The average Bonchev–Trinajstić information content (AvgIpc) is 2.83. The van der Waals surface area contributed by atoms with Crippen LogP contribution in [0.1, 0.15) is 21.7 Å². The van der Waals surface area contributed by atoms with E-state index in [1.165, 1.54) is 23.1 Å². The van der Waals surface area contributed by atoms with E-state index in [4.69, 9.17) is 11.6 Å². The molecule has 1 amide bonds. The first-order valence-electron chi connectivity index (χ1n) is 6.74. The van der Waals surface area contributed by atoms with Crippen LogP contribution in [-0.4, -0.2) is 16.6 Å². The molecule has 0 aliphatic heterocycles. The predicted molar refractivity (Wildman–Crippen MR) is 93.9 cm³/mol. The second kappa shape index (κ2) is 7.85. The fourth-order valence-electron chi connectivity index (χ4n) is 2.01. The third kappa shape index (κ3) is 4.90. The molecule has 0 unspecified atom stereocenters. The Bertz CT molecular complexity index is 725. The lowest BCUT2D eigenvalue weighted by Gasteiger charge is -2.08. The number of halogens is 1. The highest BCUT2D eigenvalue weighted by Gasteiger charge is 2.08. The molecule has 118 valence electrons. The van der Waals surface area contributed by atoms with Gasteiger partial charge in [0.2, 0.25) is 5.91 Å². The number of rotatable bonds is 6. The van der Waals surface area contributed by atoms with Gasteiger partial charge in [-0.05, 0) is 37.6 Å². The minimum atomic E-state index is -0.140. The Labute approximate surface area is 142 Å². The van der Waals surface area contributed by atoms with E-state index < -0.39 is 0 Å². The lowest BCUT2D eigenvalue weighted by Crippen LogP contribution is -2.29. The summed E-state index contributed by atoms with van der Waals surface area (Å²) in [4.78, 5) is 27.6. The maximum absolute atomic E-state index is 11.9. The van der Waals surface area contributed by atoms with Gasteiger partial charge in [-0.25, -0.2) is 0 Å². The summed E-state index contributed by atoms with van der Waals surface area (Å²) >= 11 is 8.91. The average molecular weight is 357 g/mol. The van der Waals surface area contributed by atoms with E-state index in [2.05, 4.69) is 10.3 Å². The molecule has 0 atom stereocenters. The summed E-state index contributed by atoms with van der Waals surface area (Å²) in [6, 6.07) is 5.72. The van der Waals surface area contributed by atoms with Crippen molar-refractivity contribution in [3.05, 3.63) is 54.6 Å². The van der Waals surface area contributed by atoms with Gasteiger partial charge in [0.05, 0.1) is 10.1 Å². The minimum absolute atomic E-state index is 0.0768. The SMILES string of the molecule is Cc1cc(C)c(CNC(=O)CSCc2ccc(Cl)s2)c(=O)[nH]1. The molecule has 0 fully saturated rings. The van der Waals surface area contributed by atoms with Gasteiger partial charge in [0.25, 0.3) is 5.56 Å².